The van der Waals surface area contributed by atoms with Crippen LogP contribution in [0.3, 0.4) is 0 Å². The van der Waals surface area contributed by atoms with Crippen molar-refractivity contribution in [3.63, 3.8) is 0 Å². The van der Waals surface area contributed by atoms with Gasteiger partial charge in [-0.25, -0.2) is 0 Å². The average Bonchev–Trinajstić information content (AvgIpc) is 0.696. The lowest BCUT2D eigenvalue weighted by Gasteiger charge is -2.37. The van der Waals surface area contributed by atoms with Crippen LogP contribution in [0.4, 0.5) is 68.2 Å². The maximum absolute atomic E-state index is 2.59. The van der Waals surface area contributed by atoms with E-state index in [1.165, 1.54) is 177 Å². The van der Waals surface area contributed by atoms with Crippen molar-refractivity contribution in [2.24, 2.45) is 0 Å². The molecule has 18 rings (SSSR count). The van der Waals surface area contributed by atoms with Gasteiger partial charge in [0.25, 0.3) is 0 Å². The lowest BCUT2D eigenvalue weighted by atomic mass is 9.70. The lowest BCUT2D eigenvalue weighted by Crippen LogP contribution is -2.24. The van der Waals surface area contributed by atoms with E-state index >= 15 is 0 Å². The molecule has 0 atom stereocenters. The largest absolute Gasteiger partial charge is 0.310 e. The Morgan fingerprint density at radius 2 is 0.529 bits per heavy atom. The molecule has 16 aromatic rings. The fourth-order valence-electron chi connectivity index (χ4n) is 18.1. The monoisotopic (exact) mass is 1350 g/mol. The van der Waals surface area contributed by atoms with Crippen LogP contribution in [0.15, 0.2) is 279 Å². The molecule has 0 N–H and O–H groups in total. The number of rotatable bonds is 14. The highest BCUT2D eigenvalue weighted by Crippen LogP contribution is 2.58. The Morgan fingerprint density at radius 3 is 0.837 bits per heavy atom. The maximum Gasteiger partial charge on any atom is 0.0543 e. The van der Waals surface area contributed by atoms with Crippen molar-refractivity contribution in [2.45, 2.75) is 131 Å². The zero-order valence-corrected chi connectivity index (χ0v) is 62.3. The summed E-state index contributed by atoms with van der Waals surface area (Å²) in [5, 5.41) is 16.4. The summed E-state index contributed by atoms with van der Waals surface area (Å²) in [6.45, 7) is 28.2. The van der Waals surface area contributed by atoms with Gasteiger partial charge in [-0.05, 0) is 273 Å². The molecule has 2 aliphatic carbocycles. The molecule has 16 aromatic carbocycles. The summed E-state index contributed by atoms with van der Waals surface area (Å²) < 4.78 is 0. The number of nitrogens with zero attached hydrogens (tertiary/aromatic N) is 4. The molecule has 0 unspecified atom stereocenters. The molecule has 4 heteroatoms. The van der Waals surface area contributed by atoms with E-state index < -0.39 is 0 Å². The van der Waals surface area contributed by atoms with E-state index in [1.807, 2.05) is 0 Å². The van der Waals surface area contributed by atoms with Crippen molar-refractivity contribution in [3.05, 3.63) is 335 Å². The third-order valence-electron chi connectivity index (χ3n) is 23.3. The highest BCUT2D eigenvalue weighted by atomic mass is 15.2. The molecule has 0 fully saturated rings. The third-order valence-corrected chi connectivity index (χ3v) is 23.3. The van der Waals surface area contributed by atoms with Crippen LogP contribution < -0.4 is 19.6 Å². The molecule has 0 saturated heterocycles. The first-order chi connectivity index (χ1) is 50.5. The van der Waals surface area contributed by atoms with Crippen molar-refractivity contribution < 1.29 is 0 Å². The molecule has 512 valence electrons. The van der Waals surface area contributed by atoms with Crippen molar-refractivity contribution in [1.82, 2.24) is 0 Å². The molecule has 0 saturated carbocycles. The topological polar surface area (TPSA) is 13.0 Å². The van der Waals surface area contributed by atoms with Gasteiger partial charge in [0.05, 0.1) is 34.1 Å². The molecule has 0 bridgehead atoms. The van der Waals surface area contributed by atoms with Crippen LogP contribution in [0.2, 0.25) is 0 Å². The average molecular weight is 1350 g/mol. The van der Waals surface area contributed by atoms with E-state index in [0.29, 0.717) is 11.8 Å². The second kappa shape index (κ2) is 25.9. The van der Waals surface area contributed by atoms with Gasteiger partial charge in [0, 0.05) is 66.4 Å². The first-order valence-electron chi connectivity index (χ1n) is 37.7. The summed E-state index contributed by atoms with van der Waals surface area (Å²) in [7, 11) is 0. The second-order valence-corrected chi connectivity index (χ2v) is 31.5. The second-order valence-electron chi connectivity index (χ2n) is 31.5. The van der Waals surface area contributed by atoms with Crippen LogP contribution in [0.5, 0.6) is 0 Å². The lowest BCUT2D eigenvalue weighted by molar-refractivity contribution is 0.475. The van der Waals surface area contributed by atoms with E-state index in [2.05, 4.69) is 382 Å². The van der Waals surface area contributed by atoms with Crippen LogP contribution in [-0.2, 0) is 23.7 Å². The van der Waals surface area contributed by atoms with E-state index in [-0.39, 0.29) is 10.8 Å². The summed E-state index contributed by atoms with van der Waals surface area (Å²) in [4.78, 5) is 10.0. The SMILES string of the molecule is CC(C)c1cc(N(c2ccccc2)c2ccccc2)c2cc3c4c(cc(N(c5ccccc5)c5ccccc5)c5ccc1c2c54)CCC3(C)C.Cc1cccc(C)c1N(c1ccccc1)c1cc(C(C)C)c2ccc3c(N(c4ccccc4)c4c(C)cccc4C)cc4c5c(cc1c2c35)C(C)(C)CC4. The summed E-state index contributed by atoms with van der Waals surface area (Å²) in [6.07, 6.45) is 4.33. The van der Waals surface area contributed by atoms with E-state index in [0.717, 1.165) is 37.1 Å². The standard InChI is InChI=1S/C52H50N2.C48H42N2/c1-32(2)42-31-46(54(39-23-13-10-14-24-39)51-35(5)19-16-20-36(51)6)43-30-44-47-37(27-28-52(44,7)8)29-45(41-26-25-40(42)48(43)49(41)47)53(38-21-11-9-12-22-38)50-33(3)17-15-18-34(50)4;1-32(2)40-31-44(50(36-21-13-7-14-22-36)37-23-15-8-16-24-37)41-30-42-45-33(27-28-48(42,3)4)29-43(39-26-25-38(40)46(41)47(39)45)49(34-17-9-5-10-18-34)35-19-11-6-12-20-35/h9-26,29-32H,27-28H2,1-8H3;5-26,29-32H,27-28H2,1-4H3. The normalized spacial score (nSPS) is 13.8. The van der Waals surface area contributed by atoms with E-state index in [9.17, 15) is 0 Å². The van der Waals surface area contributed by atoms with Gasteiger partial charge in [-0.3, -0.25) is 0 Å². The highest BCUT2D eigenvalue weighted by Gasteiger charge is 2.37. The van der Waals surface area contributed by atoms with Gasteiger partial charge < -0.3 is 19.6 Å². The van der Waals surface area contributed by atoms with Crippen molar-refractivity contribution in [1.29, 1.82) is 0 Å². The Kier molecular flexibility index (Phi) is 16.5. The molecule has 0 amide bonds. The summed E-state index contributed by atoms with van der Waals surface area (Å²) in [5.41, 5.74) is 28.3. The zero-order valence-electron chi connectivity index (χ0n) is 62.3. The van der Waals surface area contributed by atoms with Crippen LogP contribution >= 0.6 is 0 Å². The van der Waals surface area contributed by atoms with Crippen LogP contribution in [0, 0.1) is 27.7 Å². The Hall–Kier alpha value is -11.2. The number of para-hydroxylation sites is 8. The fourth-order valence-corrected chi connectivity index (χ4v) is 18.1. The van der Waals surface area contributed by atoms with Gasteiger partial charge >= 0.3 is 0 Å². The van der Waals surface area contributed by atoms with Gasteiger partial charge in [-0.2, -0.15) is 0 Å². The molecule has 0 aromatic heterocycles. The summed E-state index contributed by atoms with van der Waals surface area (Å²) in [6, 6.07) is 104. The van der Waals surface area contributed by atoms with E-state index in [4.69, 9.17) is 0 Å². The van der Waals surface area contributed by atoms with Crippen molar-refractivity contribution in [3.8, 4) is 0 Å². The van der Waals surface area contributed by atoms with Gasteiger partial charge in [0.2, 0.25) is 0 Å². The van der Waals surface area contributed by atoms with Gasteiger partial charge in [-0.15, -0.1) is 0 Å². The third kappa shape index (κ3) is 10.9. The maximum atomic E-state index is 2.59. The van der Waals surface area contributed by atoms with Crippen LogP contribution in [0.25, 0.3) is 64.6 Å². The molecule has 0 aliphatic heterocycles. The Morgan fingerprint density at radius 1 is 0.260 bits per heavy atom. The minimum Gasteiger partial charge on any atom is -0.310 e. The van der Waals surface area contributed by atoms with E-state index in [1.54, 1.807) is 0 Å². The zero-order chi connectivity index (χ0) is 71.4. The number of hydrogen-bond donors (Lipinski definition) is 0. The molecule has 2 aliphatic rings. The Labute approximate surface area is 614 Å². The summed E-state index contributed by atoms with van der Waals surface area (Å²) >= 11 is 0. The summed E-state index contributed by atoms with van der Waals surface area (Å²) in [5.74, 6) is 0.682. The van der Waals surface area contributed by atoms with Gasteiger partial charge in [0.1, 0.15) is 0 Å². The molecular formula is C100H92N4. The Balaban J connectivity index is 0.000000154. The number of aryl methyl sites for hydroxylation is 6. The quantitative estimate of drug-likeness (QED) is 0.101. The molecule has 104 heavy (non-hydrogen) atoms. The number of anilines is 12. The minimum absolute atomic E-state index is 0.0250. The molecule has 0 heterocycles. The van der Waals surface area contributed by atoms with Gasteiger partial charge in [0.15, 0.2) is 0 Å². The van der Waals surface area contributed by atoms with Crippen molar-refractivity contribution in [2.75, 3.05) is 19.6 Å². The van der Waals surface area contributed by atoms with Crippen LogP contribution in [0.1, 0.15) is 136 Å². The molecule has 4 nitrogen and oxygen atoms in total. The minimum atomic E-state index is 0.0250. The fraction of sp³-hybridized carbons (Fsp3) is 0.200. The Bertz CT molecular complexity index is 5780. The highest BCUT2D eigenvalue weighted by molar-refractivity contribution is 6.32. The first-order valence-corrected chi connectivity index (χ1v) is 37.7. The van der Waals surface area contributed by atoms with Gasteiger partial charge in [-0.1, -0.05) is 225 Å². The predicted molar refractivity (Wildman–Crippen MR) is 449 cm³/mol. The smallest absolute Gasteiger partial charge is 0.0543 e. The molecular weight excluding hydrogens is 1260 g/mol. The first kappa shape index (κ1) is 66.1. The van der Waals surface area contributed by atoms with Crippen molar-refractivity contribution >= 4 is 133 Å². The number of benzene rings is 16. The predicted octanol–water partition coefficient (Wildman–Crippen LogP) is 29.0. The molecule has 0 radical (unpaired) electrons. The van der Waals surface area contributed by atoms with Crippen LogP contribution in [-0.4, -0.2) is 0 Å². The number of hydrogen-bond acceptors (Lipinski definition) is 4. The molecule has 0 spiro atoms.